The molecular weight excluding hydrogens is 356 g/mol. The van der Waals surface area contributed by atoms with Gasteiger partial charge in [-0.1, -0.05) is 0 Å². The van der Waals surface area contributed by atoms with Gasteiger partial charge in [-0.2, -0.15) is 5.10 Å². The number of rotatable bonds is 7. The molecule has 1 aliphatic rings. The molecule has 0 radical (unpaired) electrons. The SMILES string of the molecule is CC(=O)c1ccc(OCC(=O)Nc2ccc(-c3n[nH]c(C4CC4)n3)cc2)cc1. The molecule has 0 unspecified atom stereocenters. The van der Waals surface area contributed by atoms with Gasteiger partial charge in [0.2, 0.25) is 0 Å². The number of nitrogens with one attached hydrogen (secondary N) is 2. The van der Waals surface area contributed by atoms with Crippen LogP contribution in [0.1, 0.15) is 41.9 Å². The second-order valence-corrected chi connectivity index (χ2v) is 6.81. The number of aromatic amines is 1. The van der Waals surface area contributed by atoms with Crippen LogP contribution >= 0.6 is 0 Å². The van der Waals surface area contributed by atoms with E-state index >= 15 is 0 Å². The first-order chi connectivity index (χ1) is 13.6. The predicted octanol–water partition coefficient (Wildman–Crippen LogP) is 3.57. The van der Waals surface area contributed by atoms with Gasteiger partial charge in [0.05, 0.1) is 0 Å². The Morgan fingerprint density at radius 2 is 1.82 bits per heavy atom. The molecule has 2 aromatic carbocycles. The van der Waals surface area contributed by atoms with Crippen molar-refractivity contribution in [1.82, 2.24) is 15.2 Å². The van der Waals surface area contributed by atoms with Crippen LogP contribution in [0, 0.1) is 0 Å². The van der Waals surface area contributed by atoms with Crippen molar-refractivity contribution in [2.45, 2.75) is 25.7 Å². The highest BCUT2D eigenvalue weighted by Gasteiger charge is 2.27. The smallest absolute Gasteiger partial charge is 0.262 e. The summed E-state index contributed by atoms with van der Waals surface area (Å²) in [7, 11) is 0. The second kappa shape index (κ2) is 7.64. The van der Waals surface area contributed by atoms with Gasteiger partial charge in [-0.15, -0.1) is 0 Å². The minimum Gasteiger partial charge on any atom is -0.484 e. The summed E-state index contributed by atoms with van der Waals surface area (Å²) >= 11 is 0. The summed E-state index contributed by atoms with van der Waals surface area (Å²) in [6.45, 7) is 1.38. The van der Waals surface area contributed by atoms with E-state index in [0.717, 1.165) is 11.4 Å². The minimum atomic E-state index is -0.266. The van der Waals surface area contributed by atoms with Gasteiger partial charge in [0.15, 0.2) is 18.2 Å². The molecule has 1 heterocycles. The molecule has 2 N–H and O–H groups in total. The van der Waals surface area contributed by atoms with Crippen molar-refractivity contribution in [2.24, 2.45) is 0 Å². The minimum absolute atomic E-state index is 0.0125. The highest BCUT2D eigenvalue weighted by atomic mass is 16.5. The highest BCUT2D eigenvalue weighted by molar-refractivity contribution is 5.94. The third kappa shape index (κ3) is 4.25. The number of H-pyrrole nitrogens is 1. The Kier molecular flexibility index (Phi) is 4.89. The zero-order valence-corrected chi connectivity index (χ0v) is 15.4. The first-order valence-corrected chi connectivity index (χ1v) is 9.15. The van der Waals surface area contributed by atoms with Gasteiger partial charge in [-0.05, 0) is 68.3 Å². The fourth-order valence-electron chi connectivity index (χ4n) is 2.78. The first-order valence-electron chi connectivity index (χ1n) is 9.15. The number of carbonyl (C=O) groups excluding carboxylic acids is 2. The monoisotopic (exact) mass is 376 g/mol. The summed E-state index contributed by atoms with van der Waals surface area (Å²) in [5.41, 5.74) is 2.16. The van der Waals surface area contributed by atoms with Crippen LogP contribution in [0.25, 0.3) is 11.4 Å². The third-order valence-corrected chi connectivity index (χ3v) is 4.52. The van der Waals surface area contributed by atoms with Crippen molar-refractivity contribution >= 4 is 17.4 Å². The lowest BCUT2D eigenvalue weighted by Crippen LogP contribution is -2.20. The number of anilines is 1. The highest BCUT2D eigenvalue weighted by Crippen LogP contribution is 2.38. The summed E-state index contributed by atoms with van der Waals surface area (Å²) in [6, 6.07) is 14.0. The van der Waals surface area contributed by atoms with E-state index in [4.69, 9.17) is 4.74 Å². The van der Waals surface area contributed by atoms with E-state index in [1.807, 2.05) is 24.3 Å². The number of nitrogens with zero attached hydrogens (tertiary/aromatic N) is 2. The summed E-state index contributed by atoms with van der Waals surface area (Å²) in [4.78, 5) is 27.9. The average Bonchev–Trinajstić information content (AvgIpc) is 3.44. The van der Waals surface area contributed by atoms with Crippen molar-refractivity contribution < 1.29 is 14.3 Å². The number of ether oxygens (including phenoxy) is 1. The Bertz CT molecular complexity index is 989. The number of benzene rings is 2. The molecular formula is C21H20N4O3. The average molecular weight is 376 g/mol. The number of hydrogen-bond acceptors (Lipinski definition) is 5. The third-order valence-electron chi connectivity index (χ3n) is 4.52. The standard InChI is InChI=1S/C21H20N4O3/c1-13(26)14-6-10-18(11-7-14)28-12-19(27)22-17-8-4-16(5-9-17)21-23-20(24-25-21)15-2-3-15/h4-11,15H,2-3,12H2,1H3,(H,22,27)(H,23,24,25). The van der Waals surface area contributed by atoms with Crippen molar-refractivity contribution in [3.8, 4) is 17.1 Å². The van der Waals surface area contributed by atoms with Gasteiger partial charge < -0.3 is 10.1 Å². The Hall–Kier alpha value is -3.48. The molecule has 0 atom stereocenters. The van der Waals surface area contributed by atoms with E-state index in [1.165, 1.54) is 19.8 Å². The zero-order chi connectivity index (χ0) is 19.5. The molecule has 0 saturated heterocycles. The molecule has 0 aliphatic heterocycles. The number of ketones is 1. The molecule has 7 heteroatoms. The number of carbonyl (C=O) groups is 2. The molecule has 1 fully saturated rings. The summed E-state index contributed by atoms with van der Waals surface area (Å²) in [6.07, 6.45) is 2.34. The van der Waals surface area contributed by atoms with E-state index in [2.05, 4.69) is 20.5 Å². The molecule has 142 valence electrons. The zero-order valence-electron chi connectivity index (χ0n) is 15.4. The maximum atomic E-state index is 12.1. The maximum absolute atomic E-state index is 12.1. The van der Waals surface area contributed by atoms with Gasteiger partial charge >= 0.3 is 0 Å². The molecule has 1 aliphatic carbocycles. The molecule has 1 saturated carbocycles. The molecule has 0 spiro atoms. The number of hydrogen-bond donors (Lipinski definition) is 2. The number of amides is 1. The Morgan fingerprint density at radius 1 is 1.11 bits per heavy atom. The van der Waals surface area contributed by atoms with Gasteiger partial charge in [0, 0.05) is 22.7 Å². The summed E-state index contributed by atoms with van der Waals surface area (Å²) in [5.74, 6) is 2.39. The van der Waals surface area contributed by atoms with E-state index < -0.39 is 0 Å². The normalized spacial score (nSPS) is 13.2. The molecule has 28 heavy (non-hydrogen) atoms. The van der Waals surface area contributed by atoms with Crippen molar-refractivity contribution in [3.63, 3.8) is 0 Å². The Labute approximate surface area is 162 Å². The first kappa shape index (κ1) is 17.9. The van der Waals surface area contributed by atoms with Gasteiger partial charge in [0.1, 0.15) is 11.6 Å². The molecule has 7 nitrogen and oxygen atoms in total. The van der Waals surface area contributed by atoms with Crippen LogP contribution in [0.4, 0.5) is 5.69 Å². The number of aromatic nitrogens is 3. The van der Waals surface area contributed by atoms with E-state index in [0.29, 0.717) is 28.7 Å². The van der Waals surface area contributed by atoms with Crippen molar-refractivity contribution in [3.05, 3.63) is 59.9 Å². The topological polar surface area (TPSA) is 97.0 Å². The molecule has 1 aromatic heterocycles. The van der Waals surface area contributed by atoms with Crippen LogP contribution in [-0.2, 0) is 4.79 Å². The van der Waals surface area contributed by atoms with Crippen LogP contribution in [0.5, 0.6) is 5.75 Å². The quantitative estimate of drug-likeness (QED) is 0.615. The molecule has 4 rings (SSSR count). The molecule has 3 aromatic rings. The van der Waals surface area contributed by atoms with Crippen molar-refractivity contribution in [1.29, 1.82) is 0 Å². The van der Waals surface area contributed by atoms with Gasteiger partial charge in [0.25, 0.3) is 5.91 Å². The van der Waals surface area contributed by atoms with E-state index in [-0.39, 0.29) is 18.3 Å². The second-order valence-electron chi connectivity index (χ2n) is 6.81. The Balaban J connectivity index is 1.30. The summed E-state index contributed by atoms with van der Waals surface area (Å²) in [5, 5.41) is 10.0. The molecule has 0 bridgehead atoms. The van der Waals surface area contributed by atoms with Crippen LogP contribution in [0.15, 0.2) is 48.5 Å². The van der Waals surface area contributed by atoms with Crippen LogP contribution in [0.3, 0.4) is 0 Å². The lowest BCUT2D eigenvalue weighted by Gasteiger charge is -2.08. The fourth-order valence-corrected chi connectivity index (χ4v) is 2.78. The van der Waals surface area contributed by atoms with E-state index in [1.54, 1.807) is 24.3 Å². The predicted molar refractivity (Wildman–Crippen MR) is 104 cm³/mol. The largest absolute Gasteiger partial charge is 0.484 e. The van der Waals surface area contributed by atoms with Crippen LogP contribution in [0.2, 0.25) is 0 Å². The van der Waals surface area contributed by atoms with Crippen molar-refractivity contribution in [2.75, 3.05) is 11.9 Å². The maximum Gasteiger partial charge on any atom is 0.262 e. The van der Waals surface area contributed by atoms with Gasteiger partial charge in [-0.3, -0.25) is 14.7 Å². The van der Waals surface area contributed by atoms with Gasteiger partial charge in [-0.25, -0.2) is 4.98 Å². The Morgan fingerprint density at radius 3 is 2.46 bits per heavy atom. The van der Waals surface area contributed by atoms with E-state index in [9.17, 15) is 9.59 Å². The van der Waals surface area contributed by atoms with Crippen LogP contribution < -0.4 is 10.1 Å². The molecule has 1 amide bonds. The van der Waals surface area contributed by atoms with Crippen LogP contribution in [-0.4, -0.2) is 33.5 Å². The lowest BCUT2D eigenvalue weighted by molar-refractivity contribution is -0.118. The lowest BCUT2D eigenvalue weighted by atomic mass is 10.1. The summed E-state index contributed by atoms with van der Waals surface area (Å²) < 4.78 is 5.45. The number of Topliss-reactive ketones (excluding diaryl/α,β-unsaturated/α-hetero) is 1. The fraction of sp³-hybridized carbons (Fsp3) is 0.238.